The van der Waals surface area contributed by atoms with Crippen LogP contribution >= 0.6 is 0 Å². The zero-order valence-electron chi connectivity index (χ0n) is 11.0. The molecule has 100 valence electrons. The highest BCUT2D eigenvalue weighted by Gasteiger charge is 2.14. The predicted octanol–water partition coefficient (Wildman–Crippen LogP) is 2.52. The first-order valence-corrected chi connectivity index (χ1v) is 6.81. The van der Waals surface area contributed by atoms with Gasteiger partial charge in [-0.2, -0.15) is 5.10 Å². The van der Waals surface area contributed by atoms with Crippen molar-refractivity contribution in [2.45, 2.75) is 25.4 Å². The summed E-state index contributed by atoms with van der Waals surface area (Å²) in [4.78, 5) is 0. The molecule has 1 aliphatic rings. The second kappa shape index (κ2) is 5.89. The van der Waals surface area contributed by atoms with Gasteiger partial charge in [-0.25, -0.2) is 0 Å². The molecule has 0 radical (unpaired) electrons. The van der Waals surface area contributed by atoms with E-state index in [0.29, 0.717) is 6.04 Å². The Labute approximate surface area is 113 Å². The van der Waals surface area contributed by atoms with E-state index in [1.807, 2.05) is 23.1 Å². The zero-order valence-corrected chi connectivity index (χ0v) is 11.0. The third-order valence-electron chi connectivity index (χ3n) is 3.49. The summed E-state index contributed by atoms with van der Waals surface area (Å²) in [5.41, 5.74) is 2.49. The Morgan fingerprint density at radius 1 is 1.21 bits per heavy atom. The third kappa shape index (κ3) is 3.15. The van der Waals surface area contributed by atoms with Crippen LogP contribution in [0.25, 0.3) is 0 Å². The van der Waals surface area contributed by atoms with E-state index < -0.39 is 0 Å². The van der Waals surface area contributed by atoms with Crippen molar-refractivity contribution in [2.24, 2.45) is 0 Å². The Morgan fingerprint density at radius 2 is 2.05 bits per heavy atom. The van der Waals surface area contributed by atoms with Crippen LogP contribution in [0.1, 0.15) is 18.4 Å². The number of aromatic nitrogens is 2. The number of benzene rings is 1. The quantitative estimate of drug-likeness (QED) is 0.914. The van der Waals surface area contributed by atoms with Crippen LogP contribution in [0, 0.1) is 0 Å². The van der Waals surface area contributed by atoms with E-state index in [1.165, 1.54) is 11.3 Å². The lowest BCUT2D eigenvalue weighted by molar-refractivity contribution is 0.0904. The van der Waals surface area contributed by atoms with E-state index in [4.69, 9.17) is 4.74 Å². The molecule has 1 aliphatic heterocycles. The minimum absolute atomic E-state index is 0.521. The molecule has 3 rings (SSSR count). The molecule has 0 bridgehead atoms. The van der Waals surface area contributed by atoms with Crippen LogP contribution in [0.4, 0.5) is 5.69 Å². The zero-order chi connectivity index (χ0) is 12.9. The van der Waals surface area contributed by atoms with E-state index in [2.05, 4.69) is 34.7 Å². The van der Waals surface area contributed by atoms with Crippen LogP contribution in [-0.2, 0) is 11.3 Å². The van der Waals surface area contributed by atoms with Crippen LogP contribution in [0.15, 0.2) is 42.7 Å². The van der Waals surface area contributed by atoms with Gasteiger partial charge in [0.2, 0.25) is 0 Å². The van der Waals surface area contributed by atoms with Crippen molar-refractivity contribution in [3.05, 3.63) is 48.3 Å². The summed E-state index contributed by atoms with van der Waals surface area (Å²) in [6.07, 6.45) is 5.96. The fourth-order valence-corrected chi connectivity index (χ4v) is 2.43. The van der Waals surface area contributed by atoms with Gasteiger partial charge in [-0.1, -0.05) is 18.2 Å². The first-order chi connectivity index (χ1) is 9.42. The Bertz CT molecular complexity index is 504. The van der Waals surface area contributed by atoms with Crippen LogP contribution in [0.5, 0.6) is 0 Å². The van der Waals surface area contributed by atoms with Gasteiger partial charge in [0.05, 0.1) is 6.54 Å². The average Bonchev–Trinajstić information content (AvgIpc) is 2.95. The van der Waals surface area contributed by atoms with E-state index in [9.17, 15) is 0 Å². The molecule has 4 heteroatoms. The largest absolute Gasteiger partial charge is 0.382 e. The van der Waals surface area contributed by atoms with Crippen molar-refractivity contribution in [1.29, 1.82) is 0 Å². The van der Waals surface area contributed by atoms with E-state index in [0.717, 1.165) is 32.6 Å². The molecule has 19 heavy (non-hydrogen) atoms. The summed E-state index contributed by atoms with van der Waals surface area (Å²) in [7, 11) is 0. The van der Waals surface area contributed by atoms with Crippen molar-refractivity contribution in [2.75, 3.05) is 18.5 Å². The average molecular weight is 257 g/mol. The van der Waals surface area contributed by atoms with Gasteiger partial charge in [0.15, 0.2) is 0 Å². The molecule has 1 fully saturated rings. The lowest BCUT2D eigenvalue weighted by Gasteiger charge is -2.25. The molecule has 0 saturated carbocycles. The first kappa shape index (κ1) is 12.2. The Morgan fingerprint density at radius 3 is 2.84 bits per heavy atom. The minimum atomic E-state index is 0.521. The topological polar surface area (TPSA) is 39.1 Å². The smallest absolute Gasteiger partial charge is 0.0679 e. The van der Waals surface area contributed by atoms with E-state index in [1.54, 1.807) is 0 Å². The number of para-hydroxylation sites is 1. The fraction of sp³-hybridized carbons (Fsp3) is 0.400. The number of nitrogens with one attached hydrogen (secondary N) is 1. The molecule has 1 saturated heterocycles. The van der Waals surface area contributed by atoms with E-state index >= 15 is 0 Å². The lowest BCUT2D eigenvalue weighted by atomic mass is 10.1. The Balaban J connectivity index is 1.73. The minimum Gasteiger partial charge on any atom is -0.382 e. The molecule has 0 aliphatic carbocycles. The fourth-order valence-electron chi connectivity index (χ4n) is 2.43. The molecule has 0 unspecified atom stereocenters. The van der Waals surface area contributed by atoms with Crippen molar-refractivity contribution in [1.82, 2.24) is 9.78 Å². The molecular formula is C15H19N3O. The van der Waals surface area contributed by atoms with Gasteiger partial charge in [0, 0.05) is 37.3 Å². The molecule has 4 nitrogen and oxygen atoms in total. The molecule has 0 amide bonds. The normalized spacial score (nSPS) is 16.4. The summed E-state index contributed by atoms with van der Waals surface area (Å²) in [6.45, 7) is 2.53. The van der Waals surface area contributed by atoms with Gasteiger partial charge < -0.3 is 10.1 Å². The Kier molecular flexibility index (Phi) is 3.79. The highest BCUT2D eigenvalue weighted by atomic mass is 16.5. The number of nitrogens with zero attached hydrogens (tertiary/aromatic N) is 2. The summed E-state index contributed by atoms with van der Waals surface area (Å²) in [5.74, 6) is 0. The molecule has 1 aromatic heterocycles. The maximum absolute atomic E-state index is 5.40. The molecule has 1 aromatic carbocycles. The van der Waals surface area contributed by atoms with Gasteiger partial charge in [-0.05, 0) is 30.5 Å². The summed E-state index contributed by atoms with van der Waals surface area (Å²) >= 11 is 0. The first-order valence-electron chi connectivity index (χ1n) is 6.81. The number of hydrogen-bond acceptors (Lipinski definition) is 3. The maximum atomic E-state index is 5.40. The number of ether oxygens (including phenoxy) is 1. The van der Waals surface area contributed by atoms with Crippen molar-refractivity contribution in [3.8, 4) is 0 Å². The van der Waals surface area contributed by atoms with Crippen LogP contribution < -0.4 is 5.32 Å². The van der Waals surface area contributed by atoms with Gasteiger partial charge in [-0.3, -0.25) is 4.68 Å². The van der Waals surface area contributed by atoms with Crippen LogP contribution in [0.2, 0.25) is 0 Å². The monoisotopic (exact) mass is 257 g/mol. The SMILES string of the molecule is c1ccc(NC2CCOCC2)c(Cn2cccn2)c1. The predicted molar refractivity (Wildman–Crippen MR) is 75.2 cm³/mol. The van der Waals surface area contributed by atoms with E-state index in [-0.39, 0.29) is 0 Å². The number of rotatable bonds is 4. The standard InChI is InChI=1S/C15H19N3O/c1-2-5-15(17-14-6-10-19-11-7-14)13(4-1)12-18-9-3-8-16-18/h1-5,8-9,14,17H,6-7,10-12H2. The Hall–Kier alpha value is -1.81. The molecular weight excluding hydrogens is 238 g/mol. The number of hydrogen-bond donors (Lipinski definition) is 1. The third-order valence-corrected chi connectivity index (χ3v) is 3.49. The van der Waals surface area contributed by atoms with Gasteiger partial charge in [-0.15, -0.1) is 0 Å². The molecule has 2 aromatic rings. The molecule has 0 atom stereocenters. The molecule has 2 heterocycles. The maximum Gasteiger partial charge on any atom is 0.0679 e. The van der Waals surface area contributed by atoms with Crippen molar-refractivity contribution < 1.29 is 4.74 Å². The molecule has 0 spiro atoms. The second-order valence-electron chi connectivity index (χ2n) is 4.89. The summed E-state index contributed by atoms with van der Waals surface area (Å²) in [6, 6.07) is 10.9. The van der Waals surface area contributed by atoms with Crippen LogP contribution in [0.3, 0.4) is 0 Å². The van der Waals surface area contributed by atoms with Gasteiger partial charge in [0.25, 0.3) is 0 Å². The highest BCUT2D eigenvalue weighted by molar-refractivity contribution is 5.51. The van der Waals surface area contributed by atoms with Crippen molar-refractivity contribution >= 4 is 5.69 Å². The summed E-state index contributed by atoms with van der Waals surface area (Å²) in [5, 5.41) is 7.91. The number of anilines is 1. The summed E-state index contributed by atoms with van der Waals surface area (Å²) < 4.78 is 7.35. The lowest BCUT2D eigenvalue weighted by Crippen LogP contribution is -2.28. The van der Waals surface area contributed by atoms with Gasteiger partial charge >= 0.3 is 0 Å². The second-order valence-corrected chi connectivity index (χ2v) is 4.89. The van der Waals surface area contributed by atoms with Gasteiger partial charge in [0.1, 0.15) is 0 Å². The van der Waals surface area contributed by atoms with Crippen molar-refractivity contribution in [3.63, 3.8) is 0 Å². The highest BCUT2D eigenvalue weighted by Crippen LogP contribution is 2.20. The van der Waals surface area contributed by atoms with Crippen LogP contribution in [-0.4, -0.2) is 29.0 Å². The molecule has 1 N–H and O–H groups in total.